The maximum absolute atomic E-state index is 14.5. The van der Waals surface area contributed by atoms with Gasteiger partial charge in [-0.2, -0.15) is 0 Å². The van der Waals surface area contributed by atoms with Gasteiger partial charge in [-0.25, -0.2) is 14.4 Å². The van der Waals surface area contributed by atoms with Crippen LogP contribution in [-0.4, -0.2) is 9.97 Å². The third kappa shape index (κ3) is 3.38. The minimum absolute atomic E-state index is 0.0355. The number of hydrogen-bond acceptors (Lipinski definition) is 3. The molecule has 4 heteroatoms. The van der Waals surface area contributed by atoms with Crippen LogP contribution in [0.5, 0.6) is 0 Å². The first-order valence-corrected chi connectivity index (χ1v) is 9.77. The third-order valence-electron chi connectivity index (χ3n) is 5.45. The monoisotopic (exact) mass is 381 g/mol. The Kier molecular flexibility index (Phi) is 4.53. The lowest BCUT2D eigenvalue weighted by Crippen LogP contribution is -2.16. The van der Waals surface area contributed by atoms with Crippen molar-refractivity contribution in [2.24, 2.45) is 0 Å². The number of rotatable bonds is 4. The van der Waals surface area contributed by atoms with Gasteiger partial charge in [0.25, 0.3) is 0 Å². The molecule has 4 aromatic rings. The molecular formula is C25H20FN3. The quantitative estimate of drug-likeness (QED) is 0.501. The highest BCUT2D eigenvalue weighted by Crippen LogP contribution is 2.42. The van der Waals surface area contributed by atoms with Gasteiger partial charge < -0.3 is 5.32 Å². The summed E-state index contributed by atoms with van der Waals surface area (Å²) >= 11 is 0. The molecule has 0 amide bonds. The number of aromatic nitrogens is 2. The summed E-state index contributed by atoms with van der Waals surface area (Å²) in [5.74, 6) is 0.399. The van der Waals surface area contributed by atoms with Gasteiger partial charge in [-0.05, 0) is 34.7 Å². The molecule has 3 aromatic carbocycles. The Hall–Kier alpha value is -3.53. The first-order chi connectivity index (χ1) is 14.3. The van der Waals surface area contributed by atoms with E-state index in [1.54, 1.807) is 6.07 Å². The van der Waals surface area contributed by atoms with Crippen LogP contribution in [0.25, 0.3) is 11.3 Å². The molecule has 1 aliphatic carbocycles. The van der Waals surface area contributed by atoms with E-state index in [9.17, 15) is 4.39 Å². The SMILES string of the molecule is Fc1ccccc1C1Cc2cnc(NCc3ccccc3)nc2-c2ccccc21. The topological polar surface area (TPSA) is 37.8 Å². The molecule has 1 aliphatic rings. The lowest BCUT2D eigenvalue weighted by Gasteiger charge is -2.27. The molecule has 0 aliphatic heterocycles. The smallest absolute Gasteiger partial charge is 0.223 e. The van der Waals surface area contributed by atoms with Gasteiger partial charge in [0, 0.05) is 24.2 Å². The zero-order chi connectivity index (χ0) is 19.6. The van der Waals surface area contributed by atoms with Gasteiger partial charge in [-0.15, -0.1) is 0 Å². The summed E-state index contributed by atoms with van der Waals surface area (Å²) in [6, 6.07) is 25.4. The van der Waals surface area contributed by atoms with Gasteiger partial charge in [0.15, 0.2) is 0 Å². The summed E-state index contributed by atoms with van der Waals surface area (Å²) in [4.78, 5) is 9.32. The number of nitrogens with one attached hydrogen (secondary N) is 1. The fourth-order valence-electron chi connectivity index (χ4n) is 4.03. The molecular weight excluding hydrogens is 361 g/mol. The molecule has 0 spiro atoms. The number of hydrogen-bond donors (Lipinski definition) is 1. The van der Waals surface area contributed by atoms with Crippen LogP contribution in [0.3, 0.4) is 0 Å². The van der Waals surface area contributed by atoms with Gasteiger partial charge in [0.1, 0.15) is 5.82 Å². The lowest BCUT2D eigenvalue weighted by atomic mass is 9.78. The summed E-state index contributed by atoms with van der Waals surface area (Å²) in [5.41, 5.74) is 6.02. The van der Waals surface area contributed by atoms with Gasteiger partial charge in [-0.1, -0.05) is 72.8 Å². The summed E-state index contributed by atoms with van der Waals surface area (Å²) in [6.45, 7) is 0.666. The first-order valence-electron chi connectivity index (χ1n) is 9.77. The third-order valence-corrected chi connectivity index (χ3v) is 5.45. The van der Waals surface area contributed by atoms with Crippen LogP contribution in [0.4, 0.5) is 10.3 Å². The predicted molar refractivity (Wildman–Crippen MR) is 113 cm³/mol. The molecule has 0 fully saturated rings. The molecule has 1 N–H and O–H groups in total. The van der Waals surface area contributed by atoms with E-state index < -0.39 is 0 Å². The molecule has 142 valence electrons. The number of benzene rings is 3. The minimum atomic E-state index is -0.169. The standard InChI is InChI=1S/C25H20FN3/c26-23-13-7-6-11-20(23)22-14-18-16-28-25(27-15-17-8-2-1-3-9-17)29-24(18)21-12-5-4-10-19(21)22/h1-13,16,22H,14-15H2,(H,27,28,29). The number of fused-ring (bicyclic) bond motifs is 3. The minimum Gasteiger partial charge on any atom is -0.350 e. The zero-order valence-electron chi connectivity index (χ0n) is 15.8. The van der Waals surface area contributed by atoms with Crippen LogP contribution in [-0.2, 0) is 13.0 Å². The van der Waals surface area contributed by atoms with E-state index in [0.717, 1.165) is 27.9 Å². The van der Waals surface area contributed by atoms with E-state index in [2.05, 4.69) is 34.6 Å². The molecule has 29 heavy (non-hydrogen) atoms. The van der Waals surface area contributed by atoms with Gasteiger partial charge in [0.2, 0.25) is 5.95 Å². The van der Waals surface area contributed by atoms with E-state index in [1.165, 1.54) is 11.6 Å². The Morgan fingerprint density at radius 2 is 1.59 bits per heavy atom. The van der Waals surface area contributed by atoms with E-state index in [0.29, 0.717) is 18.9 Å². The van der Waals surface area contributed by atoms with Crippen LogP contribution in [0.1, 0.15) is 28.2 Å². The zero-order valence-corrected chi connectivity index (χ0v) is 15.8. The Morgan fingerprint density at radius 3 is 2.41 bits per heavy atom. The Morgan fingerprint density at radius 1 is 0.862 bits per heavy atom. The summed E-state index contributed by atoms with van der Waals surface area (Å²) < 4.78 is 14.5. The molecule has 1 heterocycles. The second kappa shape index (κ2) is 7.47. The Labute approximate surface area is 169 Å². The molecule has 0 bridgehead atoms. The summed E-state index contributed by atoms with van der Waals surface area (Å²) in [7, 11) is 0. The normalized spacial score (nSPS) is 14.7. The molecule has 1 aromatic heterocycles. The molecule has 1 atom stereocenters. The molecule has 3 nitrogen and oxygen atoms in total. The highest BCUT2D eigenvalue weighted by Gasteiger charge is 2.28. The average Bonchev–Trinajstić information content (AvgIpc) is 2.78. The van der Waals surface area contributed by atoms with E-state index in [1.807, 2.05) is 48.7 Å². The summed E-state index contributed by atoms with van der Waals surface area (Å²) in [5, 5.41) is 3.31. The van der Waals surface area contributed by atoms with Crippen molar-refractivity contribution in [2.45, 2.75) is 18.9 Å². The second-order valence-electron chi connectivity index (χ2n) is 7.27. The maximum atomic E-state index is 14.5. The van der Waals surface area contributed by atoms with E-state index >= 15 is 0 Å². The molecule has 5 rings (SSSR count). The van der Waals surface area contributed by atoms with Crippen molar-refractivity contribution in [1.29, 1.82) is 0 Å². The fourth-order valence-corrected chi connectivity index (χ4v) is 4.03. The fraction of sp³-hybridized carbons (Fsp3) is 0.120. The lowest BCUT2D eigenvalue weighted by molar-refractivity contribution is 0.593. The maximum Gasteiger partial charge on any atom is 0.223 e. The van der Waals surface area contributed by atoms with Crippen LogP contribution in [0, 0.1) is 5.82 Å². The largest absolute Gasteiger partial charge is 0.350 e. The van der Waals surface area contributed by atoms with Crippen molar-refractivity contribution in [2.75, 3.05) is 5.32 Å². The van der Waals surface area contributed by atoms with Crippen molar-refractivity contribution in [1.82, 2.24) is 9.97 Å². The van der Waals surface area contributed by atoms with Crippen LogP contribution >= 0.6 is 0 Å². The van der Waals surface area contributed by atoms with Gasteiger partial charge in [0.05, 0.1) is 5.69 Å². The molecule has 1 unspecified atom stereocenters. The highest BCUT2D eigenvalue weighted by atomic mass is 19.1. The summed E-state index contributed by atoms with van der Waals surface area (Å²) in [6.07, 6.45) is 2.56. The van der Waals surface area contributed by atoms with E-state index in [4.69, 9.17) is 4.98 Å². The first kappa shape index (κ1) is 17.6. The van der Waals surface area contributed by atoms with E-state index in [-0.39, 0.29) is 11.7 Å². The van der Waals surface area contributed by atoms with Crippen LogP contribution < -0.4 is 5.32 Å². The molecule has 0 radical (unpaired) electrons. The van der Waals surface area contributed by atoms with Crippen molar-refractivity contribution < 1.29 is 4.39 Å². The number of halogens is 1. The number of anilines is 1. The van der Waals surface area contributed by atoms with Crippen LogP contribution in [0.15, 0.2) is 85.1 Å². The number of nitrogens with zero attached hydrogens (tertiary/aromatic N) is 2. The van der Waals surface area contributed by atoms with Crippen LogP contribution in [0.2, 0.25) is 0 Å². The highest BCUT2D eigenvalue weighted by molar-refractivity contribution is 5.72. The van der Waals surface area contributed by atoms with Crippen molar-refractivity contribution in [3.63, 3.8) is 0 Å². The Balaban J connectivity index is 1.50. The predicted octanol–water partition coefficient (Wildman–Crippen LogP) is 5.58. The van der Waals surface area contributed by atoms with Gasteiger partial charge >= 0.3 is 0 Å². The molecule has 0 saturated carbocycles. The van der Waals surface area contributed by atoms with Crippen molar-refractivity contribution >= 4 is 5.95 Å². The van der Waals surface area contributed by atoms with Crippen molar-refractivity contribution in [3.05, 3.63) is 113 Å². The van der Waals surface area contributed by atoms with Crippen molar-refractivity contribution in [3.8, 4) is 11.3 Å². The van der Waals surface area contributed by atoms with Gasteiger partial charge in [-0.3, -0.25) is 0 Å². The second-order valence-corrected chi connectivity index (χ2v) is 7.27. The Bertz CT molecular complexity index is 1160. The molecule has 0 saturated heterocycles. The average molecular weight is 381 g/mol.